The van der Waals surface area contributed by atoms with Crippen LogP contribution >= 0.6 is 0 Å². The molecule has 0 aromatic rings. The van der Waals surface area contributed by atoms with Crippen LogP contribution in [-0.4, -0.2) is 95.4 Å². The van der Waals surface area contributed by atoms with Crippen LogP contribution in [0.25, 0.3) is 0 Å². The van der Waals surface area contributed by atoms with Gasteiger partial charge in [0, 0.05) is 6.42 Å². The Hall–Kier alpha value is -1.16. The molecule has 1 aliphatic heterocycles. The van der Waals surface area contributed by atoms with E-state index < -0.39 is 59.9 Å². The SMILES string of the molecule is CCCCCCCCCCCCCCCCCCCCC/C=C/C(O)C(COC1OC(CO)C(O)C(OS(=O)(=O)O)C1O)NC(=O)CCCCCCCCCCCCCCCCCC. The molecule has 0 aliphatic carbocycles. The molecule has 0 bridgehead atoms. The van der Waals surface area contributed by atoms with E-state index >= 15 is 0 Å². The highest BCUT2D eigenvalue weighted by atomic mass is 32.3. The van der Waals surface area contributed by atoms with Gasteiger partial charge in [-0.05, 0) is 19.3 Å². The van der Waals surface area contributed by atoms with Gasteiger partial charge >= 0.3 is 10.4 Å². The Morgan fingerprint density at radius 1 is 0.609 bits per heavy atom. The molecule has 64 heavy (non-hydrogen) atoms. The first-order valence-electron chi connectivity index (χ1n) is 26.6. The molecule has 1 aliphatic rings. The van der Waals surface area contributed by atoms with Gasteiger partial charge in [0.1, 0.15) is 24.4 Å². The third-order valence-corrected chi connectivity index (χ3v) is 13.3. The summed E-state index contributed by atoms with van der Waals surface area (Å²) in [5, 5.41) is 44.9. The lowest BCUT2D eigenvalue weighted by Crippen LogP contribution is -2.61. The number of rotatable bonds is 46. The Morgan fingerprint density at radius 3 is 1.36 bits per heavy atom. The van der Waals surface area contributed by atoms with Crippen LogP contribution in [0.4, 0.5) is 0 Å². The second-order valence-electron chi connectivity index (χ2n) is 18.8. The number of carbonyl (C=O) groups is 1. The molecule has 1 fully saturated rings. The maximum atomic E-state index is 13.1. The van der Waals surface area contributed by atoms with Gasteiger partial charge in [-0.1, -0.05) is 238 Å². The predicted molar refractivity (Wildman–Crippen MR) is 259 cm³/mol. The Kier molecular flexibility index (Phi) is 39.9. The molecular weight excluding hydrogens is 835 g/mol. The Bertz CT molecular complexity index is 1190. The van der Waals surface area contributed by atoms with E-state index in [1.165, 1.54) is 186 Å². The third kappa shape index (κ3) is 34.2. The van der Waals surface area contributed by atoms with Crippen molar-refractivity contribution < 1.29 is 51.8 Å². The van der Waals surface area contributed by atoms with Crippen molar-refractivity contribution in [2.75, 3.05) is 13.2 Å². The molecule has 1 rings (SSSR count). The summed E-state index contributed by atoms with van der Waals surface area (Å²) in [4.78, 5) is 13.1. The van der Waals surface area contributed by atoms with Crippen molar-refractivity contribution in [3.05, 3.63) is 12.2 Å². The second kappa shape index (κ2) is 42.0. The number of aliphatic hydroxyl groups excluding tert-OH is 4. The molecule has 7 unspecified atom stereocenters. The number of hydrogen-bond acceptors (Lipinski definition) is 10. The number of ether oxygens (including phenoxy) is 2. The molecule has 7 atom stereocenters. The van der Waals surface area contributed by atoms with Crippen molar-refractivity contribution >= 4 is 16.3 Å². The van der Waals surface area contributed by atoms with Gasteiger partial charge in [-0.25, -0.2) is 4.18 Å². The zero-order valence-electron chi connectivity index (χ0n) is 40.9. The van der Waals surface area contributed by atoms with Crippen LogP contribution in [0, 0.1) is 0 Å². The maximum absolute atomic E-state index is 13.1. The summed E-state index contributed by atoms with van der Waals surface area (Å²) >= 11 is 0. The molecular formula is C51H99NO11S. The van der Waals surface area contributed by atoms with Crippen molar-refractivity contribution in [2.24, 2.45) is 0 Å². The van der Waals surface area contributed by atoms with Crippen LogP contribution in [-0.2, 0) is 28.9 Å². The summed E-state index contributed by atoms with van der Waals surface area (Å²) < 4.78 is 47.7. The van der Waals surface area contributed by atoms with Crippen LogP contribution in [0.3, 0.4) is 0 Å². The van der Waals surface area contributed by atoms with E-state index in [1.54, 1.807) is 6.08 Å². The number of allylic oxidation sites excluding steroid dienone is 1. The van der Waals surface area contributed by atoms with Crippen LogP contribution in [0.15, 0.2) is 12.2 Å². The van der Waals surface area contributed by atoms with E-state index in [4.69, 9.17) is 9.47 Å². The number of hydrogen-bond donors (Lipinski definition) is 6. The fraction of sp³-hybridized carbons (Fsp3) is 0.941. The standard InChI is InChI=1S/C51H99NO11S/c1-3-5-7-9-11-13-15-17-19-21-22-23-24-25-26-28-30-32-34-36-38-40-45(54)44(43-61-51-49(57)50(63-64(58,59)60)48(56)46(42-53)62-51)52-47(55)41-39-37-35-33-31-29-27-20-18-16-14-12-10-8-6-4-2/h38,40,44-46,48-51,53-54,56-57H,3-37,39,41-43H2,1-2H3,(H,52,55)(H,58,59,60)/b40-38+. The average molecular weight is 934 g/mol. The summed E-state index contributed by atoms with van der Waals surface area (Å²) in [7, 11) is -5.08. The summed E-state index contributed by atoms with van der Waals surface area (Å²) in [6.45, 7) is 3.42. The quantitative estimate of drug-likeness (QED) is 0.0193. The lowest BCUT2D eigenvalue weighted by Gasteiger charge is -2.41. The predicted octanol–water partition coefficient (Wildman–Crippen LogP) is 11.5. The molecule has 13 heteroatoms. The van der Waals surface area contributed by atoms with Crippen molar-refractivity contribution in [3.63, 3.8) is 0 Å². The number of carbonyl (C=O) groups excluding carboxylic acids is 1. The third-order valence-electron chi connectivity index (χ3n) is 12.8. The Morgan fingerprint density at radius 2 is 0.984 bits per heavy atom. The number of aliphatic hydroxyl groups is 4. The van der Waals surface area contributed by atoms with E-state index in [1.807, 2.05) is 6.08 Å². The number of nitrogens with one attached hydrogen (secondary N) is 1. The zero-order valence-corrected chi connectivity index (χ0v) is 41.7. The highest BCUT2D eigenvalue weighted by Crippen LogP contribution is 2.26. The largest absolute Gasteiger partial charge is 0.397 e. The normalized spacial score (nSPS) is 20.3. The minimum Gasteiger partial charge on any atom is -0.394 e. The van der Waals surface area contributed by atoms with Crippen LogP contribution in [0.2, 0.25) is 0 Å². The molecule has 380 valence electrons. The van der Waals surface area contributed by atoms with Gasteiger partial charge < -0.3 is 35.2 Å². The Balaban J connectivity index is 2.43. The molecule has 0 spiro atoms. The monoisotopic (exact) mass is 934 g/mol. The van der Waals surface area contributed by atoms with Crippen molar-refractivity contribution in [3.8, 4) is 0 Å². The smallest absolute Gasteiger partial charge is 0.394 e. The molecule has 1 heterocycles. The average Bonchev–Trinajstić information content (AvgIpc) is 3.27. The minimum absolute atomic E-state index is 0.258. The molecule has 0 radical (unpaired) electrons. The highest BCUT2D eigenvalue weighted by molar-refractivity contribution is 7.80. The van der Waals surface area contributed by atoms with Gasteiger partial charge in [0.05, 0.1) is 25.4 Å². The summed E-state index contributed by atoms with van der Waals surface area (Å²) in [5.41, 5.74) is 0. The summed E-state index contributed by atoms with van der Waals surface area (Å²) in [6.07, 6.45) is 39.6. The maximum Gasteiger partial charge on any atom is 0.397 e. The van der Waals surface area contributed by atoms with Crippen molar-refractivity contribution in [2.45, 2.75) is 294 Å². The summed E-state index contributed by atoms with van der Waals surface area (Å²) in [6, 6.07) is -0.939. The second-order valence-corrected chi connectivity index (χ2v) is 19.9. The topological polar surface area (TPSA) is 192 Å². The minimum atomic E-state index is -5.08. The fourth-order valence-electron chi connectivity index (χ4n) is 8.69. The molecule has 1 saturated heterocycles. The molecule has 0 aromatic heterocycles. The first-order valence-corrected chi connectivity index (χ1v) is 27.9. The number of unbranched alkanes of at least 4 members (excludes halogenated alkanes) is 34. The van der Waals surface area contributed by atoms with Gasteiger partial charge in [0.15, 0.2) is 6.29 Å². The van der Waals surface area contributed by atoms with Gasteiger partial charge in [-0.2, -0.15) is 8.42 Å². The molecule has 0 aromatic carbocycles. The number of amides is 1. The fourth-order valence-corrected chi connectivity index (χ4v) is 9.20. The van der Waals surface area contributed by atoms with E-state index in [2.05, 4.69) is 23.3 Å². The lowest BCUT2D eigenvalue weighted by atomic mass is 9.99. The van der Waals surface area contributed by atoms with E-state index in [-0.39, 0.29) is 18.9 Å². The zero-order chi connectivity index (χ0) is 46.9. The van der Waals surface area contributed by atoms with Gasteiger partial charge in [-0.15, -0.1) is 0 Å². The van der Waals surface area contributed by atoms with E-state index in [0.29, 0.717) is 6.42 Å². The molecule has 6 N–H and O–H groups in total. The van der Waals surface area contributed by atoms with Crippen molar-refractivity contribution in [1.82, 2.24) is 5.32 Å². The molecule has 1 amide bonds. The molecule has 0 saturated carbocycles. The molecule has 12 nitrogen and oxygen atoms in total. The van der Waals surface area contributed by atoms with Gasteiger partial charge in [0.2, 0.25) is 5.91 Å². The van der Waals surface area contributed by atoms with Crippen LogP contribution in [0.5, 0.6) is 0 Å². The van der Waals surface area contributed by atoms with Gasteiger partial charge in [0.25, 0.3) is 0 Å². The summed E-state index contributed by atoms with van der Waals surface area (Å²) in [5.74, 6) is -0.258. The van der Waals surface area contributed by atoms with Gasteiger partial charge in [-0.3, -0.25) is 9.35 Å². The van der Waals surface area contributed by atoms with E-state index in [0.717, 1.165) is 38.5 Å². The highest BCUT2D eigenvalue weighted by Gasteiger charge is 2.48. The lowest BCUT2D eigenvalue weighted by molar-refractivity contribution is -0.298. The van der Waals surface area contributed by atoms with Crippen molar-refractivity contribution in [1.29, 1.82) is 0 Å². The van der Waals surface area contributed by atoms with E-state index in [9.17, 15) is 38.2 Å². The first kappa shape index (κ1) is 60.9. The van der Waals surface area contributed by atoms with Crippen LogP contribution in [0.1, 0.15) is 251 Å². The Labute approximate surface area is 391 Å². The van der Waals surface area contributed by atoms with Crippen LogP contribution < -0.4 is 5.32 Å². The first-order chi connectivity index (χ1) is 31.0.